The molecule has 0 fully saturated rings. The van der Waals surface area contributed by atoms with Gasteiger partial charge in [0.05, 0.1) is 0 Å². The lowest BCUT2D eigenvalue weighted by molar-refractivity contribution is -0.131. The summed E-state index contributed by atoms with van der Waals surface area (Å²) in [4.78, 5) is 22.5. The Kier molecular flexibility index (Phi) is 5.50. The average molecular weight is 326 g/mol. The van der Waals surface area contributed by atoms with Gasteiger partial charge in [-0.05, 0) is 18.2 Å². The molecule has 0 amide bonds. The third-order valence-electron chi connectivity index (χ3n) is 3.52. The minimum atomic E-state index is -1.40. The highest BCUT2D eigenvalue weighted by Crippen LogP contribution is 2.24. The number of rotatable bonds is 6. The Labute approximate surface area is 139 Å². The number of phenolic OH excluding ortho intramolecular Hbond substituents is 1. The predicted octanol–water partition coefficient (Wildman–Crippen LogP) is 2.48. The van der Waals surface area contributed by atoms with Crippen LogP contribution in [-0.4, -0.2) is 32.7 Å². The van der Waals surface area contributed by atoms with E-state index >= 15 is 0 Å². The fourth-order valence-electron chi connectivity index (χ4n) is 2.26. The SMILES string of the molecule is O=C(O)/C=C/C1C=CC(O)(CC(=O)/C=C/c2ccccc2O)C=C1. The highest BCUT2D eigenvalue weighted by molar-refractivity contribution is 5.95. The molecule has 1 aromatic rings. The van der Waals surface area contributed by atoms with Crippen LogP contribution in [0.15, 0.2) is 66.8 Å². The molecule has 5 heteroatoms. The van der Waals surface area contributed by atoms with Crippen LogP contribution in [-0.2, 0) is 9.59 Å². The second kappa shape index (κ2) is 7.57. The summed E-state index contributed by atoms with van der Waals surface area (Å²) in [5, 5.41) is 28.6. The van der Waals surface area contributed by atoms with Gasteiger partial charge in [0.2, 0.25) is 0 Å². The van der Waals surface area contributed by atoms with Crippen LogP contribution in [0.1, 0.15) is 12.0 Å². The van der Waals surface area contributed by atoms with E-state index in [4.69, 9.17) is 5.11 Å². The number of aromatic hydroxyl groups is 1. The Balaban J connectivity index is 1.97. The Morgan fingerprint density at radius 3 is 2.42 bits per heavy atom. The van der Waals surface area contributed by atoms with Crippen molar-refractivity contribution in [3.63, 3.8) is 0 Å². The third kappa shape index (κ3) is 5.07. The lowest BCUT2D eigenvalue weighted by Gasteiger charge is -2.23. The number of hydrogen-bond donors (Lipinski definition) is 3. The molecular weight excluding hydrogens is 308 g/mol. The van der Waals surface area contributed by atoms with Crippen LogP contribution in [0.2, 0.25) is 0 Å². The second-order valence-corrected chi connectivity index (χ2v) is 5.52. The van der Waals surface area contributed by atoms with E-state index in [9.17, 15) is 19.8 Å². The van der Waals surface area contributed by atoms with E-state index in [0.29, 0.717) is 5.56 Å². The second-order valence-electron chi connectivity index (χ2n) is 5.52. The first-order valence-electron chi connectivity index (χ1n) is 7.39. The molecule has 5 nitrogen and oxygen atoms in total. The topological polar surface area (TPSA) is 94.8 Å². The molecule has 0 aliphatic heterocycles. The number of allylic oxidation sites excluding steroid dienone is 4. The van der Waals surface area contributed by atoms with Gasteiger partial charge in [-0.1, -0.05) is 48.6 Å². The molecule has 124 valence electrons. The Hall–Kier alpha value is -2.92. The van der Waals surface area contributed by atoms with E-state index < -0.39 is 11.6 Å². The zero-order valence-electron chi connectivity index (χ0n) is 12.9. The van der Waals surface area contributed by atoms with Gasteiger partial charge in [-0.25, -0.2) is 4.79 Å². The fraction of sp³-hybridized carbons (Fsp3) is 0.158. The average Bonchev–Trinajstić information content (AvgIpc) is 2.53. The summed E-state index contributed by atoms with van der Waals surface area (Å²) >= 11 is 0. The first-order valence-corrected chi connectivity index (χ1v) is 7.39. The summed E-state index contributed by atoms with van der Waals surface area (Å²) in [6.45, 7) is 0. The first kappa shape index (κ1) is 17.4. The zero-order chi connectivity index (χ0) is 17.6. The van der Waals surface area contributed by atoms with Crippen molar-refractivity contribution in [1.82, 2.24) is 0 Å². The number of carbonyl (C=O) groups is 2. The molecule has 1 aliphatic carbocycles. The number of hydrogen-bond acceptors (Lipinski definition) is 4. The van der Waals surface area contributed by atoms with Gasteiger partial charge in [0, 0.05) is 24.0 Å². The first-order chi connectivity index (χ1) is 11.4. The monoisotopic (exact) mass is 326 g/mol. The zero-order valence-corrected chi connectivity index (χ0v) is 12.9. The van der Waals surface area contributed by atoms with E-state index in [1.54, 1.807) is 30.4 Å². The van der Waals surface area contributed by atoms with Gasteiger partial charge in [-0.2, -0.15) is 0 Å². The molecule has 0 saturated heterocycles. The van der Waals surface area contributed by atoms with Gasteiger partial charge in [-0.15, -0.1) is 0 Å². The molecule has 0 atom stereocenters. The van der Waals surface area contributed by atoms with Crippen molar-refractivity contribution in [3.8, 4) is 5.75 Å². The summed E-state index contributed by atoms with van der Waals surface area (Å²) in [7, 11) is 0. The van der Waals surface area contributed by atoms with E-state index in [1.807, 2.05) is 0 Å². The van der Waals surface area contributed by atoms with Gasteiger partial charge in [-0.3, -0.25) is 4.79 Å². The van der Waals surface area contributed by atoms with E-state index in [0.717, 1.165) is 6.08 Å². The highest BCUT2D eigenvalue weighted by Gasteiger charge is 2.25. The van der Waals surface area contributed by atoms with Crippen LogP contribution in [0.5, 0.6) is 5.75 Å². The maximum Gasteiger partial charge on any atom is 0.328 e. The van der Waals surface area contributed by atoms with Crippen molar-refractivity contribution in [1.29, 1.82) is 0 Å². The van der Waals surface area contributed by atoms with Crippen LogP contribution >= 0.6 is 0 Å². The lowest BCUT2D eigenvalue weighted by Crippen LogP contribution is -2.28. The van der Waals surface area contributed by atoms with Crippen LogP contribution in [0.25, 0.3) is 6.08 Å². The van der Waals surface area contributed by atoms with Gasteiger partial charge >= 0.3 is 5.97 Å². The summed E-state index contributed by atoms with van der Waals surface area (Å²) in [5.41, 5.74) is -0.875. The van der Waals surface area contributed by atoms with E-state index in [2.05, 4.69) is 0 Å². The summed E-state index contributed by atoms with van der Waals surface area (Å²) in [5.74, 6) is -1.49. The standard InChI is InChI=1S/C19H18O5/c20-16(7-6-15-3-1-2-4-17(15)21)13-19(24)11-9-14(10-12-19)5-8-18(22)23/h1-12,14,21,24H,13H2,(H,22,23)/b7-6+,8-5+. The lowest BCUT2D eigenvalue weighted by atomic mass is 9.88. The van der Waals surface area contributed by atoms with Crippen molar-refractivity contribution in [3.05, 3.63) is 72.4 Å². The number of aliphatic hydroxyl groups is 1. The quantitative estimate of drug-likeness (QED) is 0.551. The molecule has 2 rings (SSSR count). The summed E-state index contributed by atoms with van der Waals surface area (Å²) in [6, 6.07) is 6.63. The fourth-order valence-corrected chi connectivity index (χ4v) is 2.26. The summed E-state index contributed by atoms with van der Waals surface area (Å²) < 4.78 is 0. The van der Waals surface area contributed by atoms with Crippen molar-refractivity contribution in [2.24, 2.45) is 5.92 Å². The molecule has 0 spiro atoms. The molecule has 0 unspecified atom stereocenters. The van der Waals surface area contributed by atoms with Crippen molar-refractivity contribution in [2.75, 3.05) is 0 Å². The number of aliphatic carboxylic acids is 1. The van der Waals surface area contributed by atoms with Crippen LogP contribution in [0, 0.1) is 5.92 Å². The van der Waals surface area contributed by atoms with Gasteiger partial charge in [0.1, 0.15) is 11.4 Å². The molecule has 0 heterocycles. The van der Waals surface area contributed by atoms with Crippen molar-refractivity contribution < 1.29 is 24.9 Å². The molecule has 3 N–H and O–H groups in total. The molecule has 1 aliphatic rings. The molecular formula is C19H18O5. The number of carboxylic acid groups (broad SMARTS) is 1. The Morgan fingerprint density at radius 2 is 1.79 bits per heavy atom. The largest absolute Gasteiger partial charge is 0.507 e. The minimum Gasteiger partial charge on any atom is -0.507 e. The Bertz CT molecular complexity index is 726. The molecule has 1 aromatic carbocycles. The van der Waals surface area contributed by atoms with Crippen molar-refractivity contribution in [2.45, 2.75) is 12.0 Å². The van der Waals surface area contributed by atoms with Crippen LogP contribution in [0.3, 0.4) is 0 Å². The smallest absolute Gasteiger partial charge is 0.328 e. The number of para-hydroxylation sites is 1. The number of carboxylic acids is 1. The molecule has 24 heavy (non-hydrogen) atoms. The number of benzene rings is 1. The molecule has 0 saturated carbocycles. The highest BCUT2D eigenvalue weighted by atomic mass is 16.4. The van der Waals surface area contributed by atoms with Gasteiger partial charge in [0.15, 0.2) is 5.78 Å². The minimum absolute atomic E-state index is 0.0748. The van der Waals surface area contributed by atoms with Crippen LogP contribution in [0.4, 0.5) is 0 Å². The number of carbonyl (C=O) groups excluding carboxylic acids is 1. The van der Waals surface area contributed by atoms with E-state index in [-0.39, 0.29) is 23.9 Å². The Morgan fingerprint density at radius 1 is 1.12 bits per heavy atom. The molecule has 0 radical (unpaired) electrons. The van der Waals surface area contributed by atoms with Gasteiger partial charge in [0.25, 0.3) is 0 Å². The van der Waals surface area contributed by atoms with Crippen molar-refractivity contribution >= 4 is 17.8 Å². The summed E-state index contributed by atoms with van der Waals surface area (Å²) in [6.07, 6.45) is 11.4. The van der Waals surface area contributed by atoms with Gasteiger partial charge < -0.3 is 15.3 Å². The maximum absolute atomic E-state index is 12.0. The van der Waals surface area contributed by atoms with E-state index in [1.165, 1.54) is 36.4 Å². The maximum atomic E-state index is 12.0. The predicted molar refractivity (Wildman–Crippen MR) is 90.3 cm³/mol. The van der Waals surface area contributed by atoms with Crippen LogP contribution < -0.4 is 0 Å². The normalized spacial score (nSPS) is 23.1. The number of phenols is 1. The number of ketones is 1. The third-order valence-corrected chi connectivity index (χ3v) is 3.52. The molecule has 0 aromatic heterocycles. The molecule has 0 bridgehead atoms.